The number of amidine groups is 1. The minimum absolute atomic E-state index is 0.0321. The Bertz CT molecular complexity index is 217. The van der Waals surface area contributed by atoms with Crippen LogP contribution in [0.5, 0.6) is 0 Å². The zero-order valence-electron chi connectivity index (χ0n) is 8.90. The zero-order chi connectivity index (χ0) is 11.1. The van der Waals surface area contributed by atoms with E-state index in [-0.39, 0.29) is 18.4 Å². The Morgan fingerprint density at radius 1 is 1.43 bits per heavy atom. The molecule has 0 aliphatic rings. The highest BCUT2D eigenvalue weighted by Gasteiger charge is 2.15. The summed E-state index contributed by atoms with van der Waals surface area (Å²) in [6.45, 7) is 5.03. The Morgan fingerprint density at radius 2 is 2.00 bits per heavy atom. The Morgan fingerprint density at radius 3 is 2.36 bits per heavy atom. The van der Waals surface area contributed by atoms with Crippen molar-refractivity contribution in [3.8, 4) is 0 Å². The monoisotopic (exact) mass is 202 g/mol. The predicted octanol–water partition coefficient (Wildman–Crippen LogP) is 0.126. The minimum Gasteiger partial charge on any atom is -0.409 e. The fourth-order valence-electron chi connectivity index (χ4n) is 0.919. The van der Waals surface area contributed by atoms with E-state index in [1.54, 1.807) is 11.9 Å². The molecule has 14 heavy (non-hydrogen) atoms. The largest absolute Gasteiger partial charge is 0.409 e. The lowest BCUT2D eigenvalue weighted by Crippen LogP contribution is -2.44. The molecule has 0 bridgehead atoms. The molecule has 0 radical (unpaired) electrons. The third-order valence-corrected chi connectivity index (χ3v) is 1.93. The molecule has 0 aromatic carbocycles. The molecule has 0 aliphatic heterocycles. The van der Waals surface area contributed by atoms with Crippen molar-refractivity contribution < 1.29 is 10.0 Å². The van der Waals surface area contributed by atoms with Crippen LogP contribution in [0.4, 0.5) is 4.79 Å². The van der Waals surface area contributed by atoms with Crippen molar-refractivity contribution in [1.29, 1.82) is 0 Å². The molecule has 0 spiro atoms. The molecule has 3 N–H and O–H groups in total. The van der Waals surface area contributed by atoms with Gasteiger partial charge in [-0.25, -0.2) is 4.79 Å². The number of rotatable bonds is 4. The first-order chi connectivity index (χ1) is 6.56. The van der Waals surface area contributed by atoms with Crippen LogP contribution in [0.3, 0.4) is 0 Å². The van der Waals surface area contributed by atoms with Gasteiger partial charge in [0.15, 0.2) is 5.84 Å². The van der Waals surface area contributed by atoms with E-state index in [9.17, 15) is 4.79 Å². The lowest BCUT2D eigenvalue weighted by Gasteiger charge is -2.25. The minimum atomic E-state index is -0.124. The van der Waals surface area contributed by atoms with Gasteiger partial charge in [0.25, 0.3) is 0 Å². The fraction of sp³-hybridized carbons (Fsp3) is 0.750. The number of likely N-dealkylation sites (N-methyl/N-ethyl adjacent to an activating group) is 1. The predicted molar refractivity (Wildman–Crippen MR) is 54.4 cm³/mol. The van der Waals surface area contributed by atoms with E-state index in [0.717, 1.165) is 0 Å². The molecule has 0 aromatic heterocycles. The summed E-state index contributed by atoms with van der Waals surface area (Å²) in [5.41, 5.74) is 5.32. The number of hydrogen-bond acceptors (Lipinski definition) is 3. The SMILES string of the molecule is CCN(C)C(=O)N(CC)CC(N)=NO. The molecule has 6 nitrogen and oxygen atoms in total. The Kier molecular flexibility index (Phi) is 5.43. The summed E-state index contributed by atoms with van der Waals surface area (Å²) >= 11 is 0. The van der Waals surface area contributed by atoms with Gasteiger partial charge in [-0.05, 0) is 13.8 Å². The average Bonchev–Trinajstić information content (AvgIpc) is 2.23. The number of carbonyl (C=O) groups excluding carboxylic acids is 1. The molecular formula is C8H18N4O2. The number of hydrogen-bond donors (Lipinski definition) is 2. The second kappa shape index (κ2) is 6.06. The van der Waals surface area contributed by atoms with E-state index in [1.165, 1.54) is 4.90 Å². The van der Waals surface area contributed by atoms with E-state index >= 15 is 0 Å². The molecule has 0 atom stereocenters. The van der Waals surface area contributed by atoms with Crippen LogP contribution in [0.2, 0.25) is 0 Å². The molecule has 0 unspecified atom stereocenters. The molecule has 0 aromatic rings. The van der Waals surface area contributed by atoms with E-state index in [0.29, 0.717) is 13.1 Å². The smallest absolute Gasteiger partial charge is 0.320 e. The van der Waals surface area contributed by atoms with Crippen molar-refractivity contribution in [2.45, 2.75) is 13.8 Å². The van der Waals surface area contributed by atoms with E-state index in [1.807, 2.05) is 13.8 Å². The first kappa shape index (κ1) is 12.5. The van der Waals surface area contributed by atoms with Gasteiger partial charge in [0, 0.05) is 20.1 Å². The quantitative estimate of drug-likeness (QED) is 0.294. The van der Waals surface area contributed by atoms with Gasteiger partial charge in [-0.15, -0.1) is 0 Å². The lowest BCUT2D eigenvalue weighted by atomic mass is 10.4. The maximum atomic E-state index is 11.6. The first-order valence-corrected chi connectivity index (χ1v) is 4.53. The highest BCUT2D eigenvalue weighted by Crippen LogP contribution is 1.96. The maximum Gasteiger partial charge on any atom is 0.320 e. The fourth-order valence-corrected chi connectivity index (χ4v) is 0.919. The van der Waals surface area contributed by atoms with Crippen molar-refractivity contribution in [2.75, 3.05) is 26.7 Å². The topological polar surface area (TPSA) is 82.2 Å². The van der Waals surface area contributed by atoms with E-state index < -0.39 is 0 Å². The summed E-state index contributed by atoms with van der Waals surface area (Å²) in [5.74, 6) is 0.0321. The molecule has 2 amide bonds. The summed E-state index contributed by atoms with van der Waals surface area (Å²) in [7, 11) is 1.71. The van der Waals surface area contributed by atoms with Gasteiger partial charge in [-0.1, -0.05) is 5.16 Å². The molecule has 6 heteroatoms. The Hall–Kier alpha value is -1.46. The summed E-state index contributed by atoms with van der Waals surface area (Å²) < 4.78 is 0. The number of nitrogens with zero attached hydrogens (tertiary/aromatic N) is 3. The number of nitrogens with two attached hydrogens (primary N) is 1. The third-order valence-electron chi connectivity index (χ3n) is 1.93. The van der Waals surface area contributed by atoms with Gasteiger partial charge in [0.2, 0.25) is 0 Å². The van der Waals surface area contributed by atoms with Crippen LogP contribution in [0.1, 0.15) is 13.8 Å². The first-order valence-electron chi connectivity index (χ1n) is 4.53. The average molecular weight is 202 g/mol. The van der Waals surface area contributed by atoms with E-state index in [2.05, 4.69) is 5.16 Å². The van der Waals surface area contributed by atoms with Crippen molar-refractivity contribution in [3.63, 3.8) is 0 Å². The van der Waals surface area contributed by atoms with Crippen LogP contribution in [0.25, 0.3) is 0 Å². The lowest BCUT2D eigenvalue weighted by molar-refractivity contribution is 0.173. The second-order valence-corrected chi connectivity index (χ2v) is 2.90. The molecule has 0 saturated heterocycles. The van der Waals surface area contributed by atoms with Crippen LogP contribution in [-0.4, -0.2) is 53.6 Å². The summed E-state index contributed by atoms with van der Waals surface area (Å²) in [4.78, 5) is 14.7. The number of amides is 2. The standard InChI is InChI=1S/C8H18N4O2/c1-4-11(3)8(13)12(5-2)6-7(9)10-14/h14H,4-6H2,1-3H3,(H2,9,10). The van der Waals surface area contributed by atoms with Gasteiger partial charge in [-0.3, -0.25) is 0 Å². The van der Waals surface area contributed by atoms with Crippen LogP contribution >= 0.6 is 0 Å². The molecule has 0 fully saturated rings. The van der Waals surface area contributed by atoms with Gasteiger partial charge in [0.1, 0.15) is 0 Å². The van der Waals surface area contributed by atoms with Crippen molar-refractivity contribution >= 4 is 11.9 Å². The molecular weight excluding hydrogens is 184 g/mol. The number of carbonyl (C=O) groups is 1. The zero-order valence-corrected chi connectivity index (χ0v) is 8.90. The highest BCUT2D eigenvalue weighted by molar-refractivity contribution is 5.86. The van der Waals surface area contributed by atoms with Gasteiger partial charge < -0.3 is 20.7 Å². The van der Waals surface area contributed by atoms with E-state index in [4.69, 9.17) is 10.9 Å². The molecule has 0 heterocycles. The highest BCUT2D eigenvalue weighted by atomic mass is 16.4. The van der Waals surface area contributed by atoms with Crippen molar-refractivity contribution in [2.24, 2.45) is 10.9 Å². The number of urea groups is 1. The molecule has 0 aliphatic carbocycles. The van der Waals surface area contributed by atoms with Crippen LogP contribution in [-0.2, 0) is 0 Å². The Balaban J connectivity index is 4.33. The normalized spacial score (nSPS) is 11.2. The Labute approximate surface area is 84.0 Å². The van der Waals surface area contributed by atoms with Crippen LogP contribution < -0.4 is 5.73 Å². The third kappa shape index (κ3) is 3.51. The van der Waals surface area contributed by atoms with Crippen LogP contribution in [0.15, 0.2) is 5.16 Å². The second-order valence-electron chi connectivity index (χ2n) is 2.90. The summed E-state index contributed by atoms with van der Waals surface area (Å²) in [6.07, 6.45) is 0. The van der Waals surface area contributed by atoms with Crippen molar-refractivity contribution in [3.05, 3.63) is 0 Å². The summed E-state index contributed by atoms with van der Waals surface area (Å²) in [5, 5.41) is 11.2. The maximum absolute atomic E-state index is 11.6. The van der Waals surface area contributed by atoms with Crippen molar-refractivity contribution in [1.82, 2.24) is 9.80 Å². The summed E-state index contributed by atoms with van der Waals surface area (Å²) in [6, 6.07) is -0.124. The van der Waals surface area contributed by atoms with Gasteiger partial charge in [-0.2, -0.15) is 0 Å². The molecule has 0 rings (SSSR count). The number of oxime groups is 1. The molecule has 82 valence electrons. The molecule has 0 saturated carbocycles. The van der Waals surface area contributed by atoms with Gasteiger partial charge in [0.05, 0.1) is 6.54 Å². The van der Waals surface area contributed by atoms with Crippen LogP contribution in [0, 0.1) is 0 Å². The van der Waals surface area contributed by atoms with Gasteiger partial charge >= 0.3 is 6.03 Å².